The van der Waals surface area contributed by atoms with Gasteiger partial charge in [-0.05, 0) is 39.9 Å². The number of fused-ring (bicyclic) bond motifs is 1. The van der Waals surface area contributed by atoms with E-state index in [0.29, 0.717) is 0 Å². The fourth-order valence-corrected chi connectivity index (χ4v) is 4.46. The van der Waals surface area contributed by atoms with Crippen LogP contribution in [0.4, 0.5) is 8.78 Å². The Morgan fingerprint density at radius 2 is 1.51 bits per heavy atom. The summed E-state index contributed by atoms with van der Waals surface area (Å²) in [6.07, 6.45) is 0. The largest absolute Gasteiger partial charge is 0.358 e. The molecule has 7 nitrogen and oxygen atoms in total. The van der Waals surface area contributed by atoms with E-state index >= 15 is 0 Å². The lowest BCUT2D eigenvalue weighted by Gasteiger charge is -2.60. The van der Waals surface area contributed by atoms with E-state index in [1.165, 1.54) is 30.3 Å². The van der Waals surface area contributed by atoms with Gasteiger partial charge in [-0.3, -0.25) is 24.5 Å². The van der Waals surface area contributed by atoms with Crippen LogP contribution >= 0.6 is 11.6 Å². The Hall–Kier alpha value is -2.88. The van der Waals surface area contributed by atoms with Crippen molar-refractivity contribution < 1.29 is 28.0 Å². The van der Waals surface area contributed by atoms with Crippen LogP contribution in [0.1, 0.15) is 27.0 Å². The lowest BCUT2D eigenvalue weighted by atomic mass is 9.21. The van der Waals surface area contributed by atoms with E-state index in [0.717, 1.165) is 17.0 Å². The second kappa shape index (κ2) is 9.08. The molecule has 4 rings (SSSR count). The summed E-state index contributed by atoms with van der Waals surface area (Å²) >= 11 is 5.71. The van der Waals surface area contributed by atoms with Gasteiger partial charge in [-0.25, -0.2) is 0 Å². The molecular weight excluding hydrogens is 519 g/mol. The van der Waals surface area contributed by atoms with Crippen molar-refractivity contribution in [3.63, 3.8) is 0 Å². The first-order valence-electron chi connectivity index (χ1n) is 11.1. The molecule has 2 heterocycles. The summed E-state index contributed by atoms with van der Waals surface area (Å²) in [4.78, 5) is 51.4. The molecule has 1 atom stereocenters. The van der Waals surface area contributed by atoms with Crippen LogP contribution in [0.2, 0.25) is 15.5 Å². The van der Waals surface area contributed by atoms with Gasteiger partial charge in [0.15, 0.2) is 0 Å². The van der Waals surface area contributed by atoms with Gasteiger partial charge in [-0.1, -0.05) is 41.1 Å². The predicted octanol–water partition coefficient (Wildman–Crippen LogP) is -0.921. The van der Waals surface area contributed by atoms with E-state index in [2.05, 4.69) is 0 Å². The van der Waals surface area contributed by atoms with E-state index in [9.17, 15) is 28.0 Å². The Morgan fingerprint density at radius 3 is 2.10 bits per heavy atom. The molecule has 180 valence electrons. The minimum Gasteiger partial charge on any atom is -0.358 e. The molecule has 2 aliphatic rings. The van der Waals surface area contributed by atoms with Crippen molar-refractivity contribution in [2.45, 2.75) is 33.7 Å². The maximum Gasteiger partial charge on any atom is 0.349 e. The van der Waals surface area contributed by atoms with Crippen LogP contribution in [0, 0.1) is 0 Å². The lowest BCUT2D eigenvalue weighted by molar-refractivity contribution is -0.147. The zero-order chi connectivity index (χ0) is 29.3. The highest BCUT2D eigenvalue weighted by atomic mass is 35.5. The molecule has 1 fully saturated rings. The molecule has 2 aromatic rings. The van der Waals surface area contributed by atoms with E-state index < -0.39 is 62.9 Å². The smallest absolute Gasteiger partial charge is 0.349 e. The fraction of sp³-hybridized carbons (Fsp3) is 0.273. The number of piperidine rings is 1. The van der Waals surface area contributed by atoms with Crippen LogP contribution in [-0.4, -0.2) is 88.9 Å². The summed E-state index contributed by atoms with van der Waals surface area (Å²) in [5.74, 6) is -9.15. The lowest BCUT2D eigenvalue weighted by Crippen LogP contribution is -2.75. The molecule has 0 spiro atoms. The number of amides is 4. The van der Waals surface area contributed by atoms with Crippen LogP contribution in [-0.2, 0) is 32.2 Å². The van der Waals surface area contributed by atoms with Gasteiger partial charge < -0.3 is 10.2 Å². The van der Waals surface area contributed by atoms with Crippen LogP contribution in [0.25, 0.3) is 0 Å². The molecular formula is C22H11B7ClF2N3O4. The molecule has 2 aromatic carbocycles. The number of hydrogen-bond acceptors (Lipinski definition) is 4. The number of carbonyl (C=O) groups excluding carboxylic acids is 4. The molecule has 1 saturated heterocycles. The highest BCUT2D eigenvalue weighted by Crippen LogP contribution is 2.55. The molecule has 2 aliphatic heterocycles. The Kier molecular flexibility index (Phi) is 6.78. The first-order chi connectivity index (χ1) is 17.8. The summed E-state index contributed by atoms with van der Waals surface area (Å²) in [6, 6.07) is 7.95. The zero-order valence-corrected chi connectivity index (χ0v) is 20.8. The van der Waals surface area contributed by atoms with Gasteiger partial charge in [0.1, 0.15) is 7.85 Å². The molecule has 0 saturated carbocycles. The quantitative estimate of drug-likeness (QED) is 0.386. The molecule has 0 aromatic heterocycles. The third-order valence-electron chi connectivity index (χ3n) is 6.89. The first kappa shape index (κ1) is 29.1. The summed E-state index contributed by atoms with van der Waals surface area (Å²) in [5.41, 5.74) is -3.23. The van der Waals surface area contributed by atoms with Crippen molar-refractivity contribution in [1.29, 1.82) is 0 Å². The average molecular weight is 530 g/mol. The topological polar surface area (TPSA) is 95.6 Å². The first-order valence-corrected chi connectivity index (χ1v) is 11.5. The van der Waals surface area contributed by atoms with Gasteiger partial charge in [0, 0.05) is 22.7 Å². The van der Waals surface area contributed by atoms with Gasteiger partial charge in [0.2, 0.25) is 11.8 Å². The minimum atomic E-state index is -4.03. The van der Waals surface area contributed by atoms with Gasteiger partial charge in [-0.15, -0.1) is 0 Å². The van der Waals surface area contributed by atoms with Gasteiger partial charge in [-0.2, -0.15) is 8.78 Å². The van der Waals surface area contributed by atoms with Crippen LogP contribution < -0.4 is 10.6 Å². The molecule has 0 bridgehead atoms. The molecule has 0 aliphatic carbocycles. The van der Waals surface area contributed by atoms with Crippen molar-refractivity contribution in [3.8, 4) is 0 Å². The standard InChI is InChI=1S/C22H11B7ClF2N3O4/c23-19(24)16(38)33-17(39)20(25,22(19,28)29)35-8-9-7-11(3-6-13(9)14(35)36)21(26,27)34-15(37)18(31,32)10-1-4-12(30)5-2-10/h1-7H,8H2,(H,34,37)(H,33,38,39)/t20-/m1/s1. The van der Waals surface area contributed by atoms with E-state index in [-0.39, 0.29) is 21.7 Å². The highest BCUT2D eigenvalue weighted by molar-refractivity contribution is 6.66. The third kappa shape index (κ3) is 4.26. The highest BCUT2D eigenvalue weighted by Gasteiger charge is 2.63. The SMILES string of the molecule is [B]C([B])(NC(=O)C(F)(F)c1ccc(Cl)cc1)c1ccc2c(c1)CN([C@]1([B])C(=O)NC(=O)C([B])([B])C1([B])[B])C2=O. The van der Waals surface area contributed by atoms with Gasteiger partial charge >= 0.3 is 5.92 Å². The van der Waals surface area contributed by atoms with Crippen LogP contribution in [0.15, 0.2) is 42.5 Å². The van der Waals surface area contributed by atoms with Crippen molar-refractivity contribution in [2.24, 2.45) is 0 Å². The van der Waals surface area contributed by atoms with Crippen molar-refractivity contribution >= 4 is 90.2 Å². The number of imide groups is 1. The molecule has 0 unspecified atom stereocenters. The Morgan fingerprint density at radius 1 is 0.949 bits per heavy atom. The summed E-state index contributed by atoms with van der Waals surface area (Å²) in [7, 11) is 41.7. The second-order valence-electron chi connectivity index (χ2n) is 9.46. The normalized spacial score (nSPS) is 22.2. The summed E-state index contributed by atoms with van der Waals surface area (Å²) < 4.78 is 29.5. The van der Waals surface area contributed by atoms with E-state index in [4.69, 9.17) is 66.5 Å². The van der Waals surface area contributed by atoms with Crippen LogP contribution in [0.3, 0.4) is 0 Å². The molecule has 4 amide bonds. The number of halogens is 3. The molecule has 17 heteroatoms. The van der Waals surface area contributed by atoms with Crippen molar-refractivity contribution in [3.05, 3.63) is 69.7 Å². The number of carbonyl (C=O) groups is 4. The number of benzene rings is 2. The average Bonchev–Trinajstić information content (AvgIpc) is 3.18. The number of rotatable bonds is 5. The Bertz CT molecular complexity index is 1420. The Labute approximate surface area is 236 Å². The fourth-order valence-electron chi connectivity index (χ4n) is 4.33. The zero-order valence-electron chi connectivity index (χ0n) is 20.0. The van der Waals surface area contributed by atoms with Gasteiger partial charge in [0.25, 0.3) is 11.8 Å². The summed E-state index contributed by atoms with van der Waals surface area (Å²) in [5, 5.41) is -3.64. The van der Waals surface area contributed by atoms with Crippen molar-refractivity contribution in [1.82, 2.24) is 15.5 Å². The molecule has 39 heavy (non-hydrogen) atoms. The van der Waals surface area contributed by atoms with Crippen LogP contribution in [0.5, 0.6) is 0 Å². The van der Waals surface area contributed by atoms with Gasteiger partial charge in [0.05, 0.1) is 52.5 Å². The monoisotopic (exact) mass is 531 g/mol. The minimum absolute atomic E-state index is 0.0164. The molecule has 14 radical (unpaired) electrons. The number of alkyl halides is 2. The van der Waals surface area contributed by atoms with E-state index in [1.54, 1.807) is 0 Å². The maximum absolute atomic E-state index is 14.8. The third-order valence-corrected chi connectivity index (χ3v) is 7.14. The number of nitrogens with one attached hydrogen (secondary N) is 2. The maximum atomic E-state index is 14.8. The summed E-state index contributed by atoms with van der Waals surface area (Å²) in [6.45, 7) is -0.433. The predicted molar refractivity (Wildman–Crippen MR) is 143 cm³/mol. The Balaban J connectivity index is 1.63. The van der Waals surface area contributed by atoms with Crippen molar-refractivity contribution in [2.75, 3.05) is 0 Å². The number of nitrogens with zero attached hydrogens (tertiary/aromatic N) is 1. The van der Waals surface area contributed by atoms with E-state index in [1.807, 2.05) is 10.6 Å². The number of hydrogen-bond donors (Lipinski definition) is 2. The molecule has 2 N–H and O–H groups in total. The second-order valence-corrected chi connectivity index (χ2v) is 9.89.